The highest BCUT2D eigenvalue weighted by Crippen LogP contribution is 2.33. The summed E-state index contributed by atoms with van der Waals surface area (Å²) < 4.78 is 15.6. The SMILES string of the molecule is C[C@H]1c2nnc(-c3ccccc3)n2CCN1C(=O)c1ccc(F)c(Cl)c1Cl. The van der Waals surface area contributed by atoms with Crippen LogP contribution in [0.3, 0.4) is 0 Å². The van der Waals surface area contributed by atoms with E-state index in [9.17, 15) is 9.18 Å². The van der Waals surface area contributed by atoms with Gasteiger partial charge in [0.25, 0.3) is 5.91 Å². The molecule has 4 rings (SSSR count). The summed E-state index contributed by atoms with van der Waals surface area (Å²) in [6.07, 6.45) is 0. The molecule has 1 aliphatic rings. The number of hydrogen-bond acceptors (Lipinski definition) is 3. The van der Waals surface area contributed by atoms with Crippen molar-refractivity contribution in [2.75, 3.05) is 6.54 Å². The minimum Gasteiger partial charge on any atom is -0.327 e. The maximum Gasteiger partial charge on any atom is 0.256 e. The number of amides is 1. The fourth-order valence-electron chi connectivity index (χ4n) is 3.31. The first kappa shape index (κ1) is 17.9. The van der Waals surface area contributed by atoms with E-state index in [-0.39, 0.29) is 27.6 Å². The van der Waals surface area contributed by atoms with Crippen molar-refractivity contribution in [2.24, 2.45) is 0 Å². The van der Waals surface area contributed by atoms with E-state index in [2.05, 4.69) is 10.2 Å². The second kappa shape index (κ2) is 6.94. The Balaban J connectivity index is 1.67. The predicted molar refractivity (Wildman–Crippen MR) is 101 cm³/mol. The van der Waals surface area contributed by atoms with Gasteiger partial charge in [0, 0.05) is 18.7 Å². The summed E-state index contributed by atoms with van der Waals surface area (Å²) in [6.45, 7) is 2.89. The number of halogens is 3. The molecule has 0 bridgehead atoms. The molecule has 0 aliphatic carbocycles. The Morgan fingerprint density at radius 1 is 1.07 bits per heavy atom. The van der Waals surface area contributed by atoms with E-state index < -0.39 is 5.82 Å². The van der Waals surface area contributed by atoms with Crippen LogP contribution in [0.4, 0.5) is 4.39 Å². The van der Waals surface area contributed by atoms with Crippen molar-refractivity contribution in [1.82, 2.24) is 19.7 Å². The third-order valence-corrected chi connectivity index (χ3v) is 5.60. The van der Waals surface area contributed by atoms with Crippen LogP contribution in [0.1, 0.15) is 29.1 Å². The van der Waals surface area contributed by atoms with Gasteiger partial charge in [0.05, 0.1) is 21.7 Å². The summed E-state index contributed by atoms with van der Waals surface area (Å²) in [5.74, 6) is 0.493. The molecule has 1 aromatic heterocycles. The van der Waals surface area contributed by atoms with Gasteiger partial charge in [-0.3, -0.25) is 4.79 Å². The average Bonchev–Trinajstić information content (AvgIpc) is 3.12. The van der Waals surface area contributed by atoms with Crippen LogP contribution in [-0.2, 0) is 6.54 Å². The van der Waals surface area contributed by atoms with Crippen molar-refractivity contribution in [1.29, 1.82) is 0 Å². The van der Waals surface area contributed by atoms with Crippen molar-refractivity contribution >= 4 is 29.1 Å². The summed E-state index contributed by atoms with van der Waals surface area (Å²) in [7, 11) is 0. The molecule has 0 saturated carbocycles. The van der Waals surface area contributed by atoms with Crippen molar-refractivity contribution in [3.8, 4) is 11.4 Å². The summed E-state index contributed by atoms with van der Waals surface area (Å²) in [5.41, 5.74) is 1.14. The third kappa shape index (κ3) is 2.99. The second-order valence-corrected chi connectivity index (χ2v) is 7.05. The molecule has 1 amide bonds. The molecule has 0 spiro atoms. The van der Waals surface area contributed by atoms with Crippen LogP contribution in [0.5, 0.6) is 0 Å². The van der Waals surface area contributed by atoms with E-state index in [4.69, 9.17) is 23.2 Å². The minimum absolute atomic E-state index is 0.0779. The first-order valence-corrected chi connectivity index (χ1v) is 9.17. The summed E-state index contributed by atoms with van der Waals surface area (Å²) in [4.78, 5) is 14.6. The quantitative estimate of drug-likeness (QED) is 0.586. The number of nitrogens with zero attached hydrogens (tertiary/aromatic N) is 4. The molecule has 1 aliphatic heterocycles. The van der Waals surface area contributed by atoms with E-state index in [0.29, 0.717) is 18.9 Å². The zero-order valence-electron chi connectivity index (χ0n) is 14.4. The number of fused-ring (bicyclic) bond motifs is 1. The molecular weight excluding hydrogens is 390 g/mol. The summed E-state index contributed by atoms with van der Waals surface area (Å²) in [5, 5.41) is 8.27. The van der Waals surface area contributed by atoms with Gasteiger partial charge >= 0.3 is 0 Å². The van der Waals surface area contributed by atoms with Gasteiger partial charge in [0.15, 0.2) is 11.6 Å². The first-order valence-electron chi connectivity index (χ1n) is 8.42. The molecule has 5 nitrogen and oxygen atoms in total. The molecule has 2 aromatic carbocycles. The third-order valence-electron chi connectivity index (χ3n) is 4.74. The molecule has 0 saturated heterocycles. The number of carbonyl (C=O) groups excluding carboxylic acids is 1. The Kier molecular flexibility index (Phi) is 4.61. The predicted octanol–water partition coefficient (Wildman–Crippen LogP) is 4.61. The fourth-order valence-corrected chi connectivity index (χ4v) is 3.71. The molecule has 0 unspecified atom stereocenters. The molecule has 138 valence electrons. The zero-order valence-corrected chi connectivity index (χ0v) is 15.9. The highest BCUT2D eigenvalue weighted by Gasteiger charge is 2.33. The Labute approximate surface area is 165 Å². The highest BCUT2D eigenvalue weighted by atomic mass is 35.5. The van der Waals surface area contributed by atoms with E-state index in [0.717, 1.165) is 17.5 Å². The molecule has 0 N–H and O–H groups in total. The van der Waals surface area contributed by atoms with E-state index in [1.165, 1.54) is 6.07 Å². The van der Waals surface area contributed by atoms with Gasteiger partial charge in [-0.05, 0) is 19.1 Å². The molecule has 3 aromatic rings. The molecule has 27 heavy (non-hydrogen) atoms. The number of rotatable bonds is 2. The van der Waals surface area contributed by atoms with Gasteiger partial charge in [-0.2, -0.15) is 0 Å². The van der Waals surface area contributed by atoms with E-state index in [1.54, 1.807) is 4.90 Å². The van der Waals surface area contributed by atoms with Crippen LogP contribution in [0, 0.1) is 5.82 Å². The van der Waals surface area contributed by atoms with Crippen LogP contribution in [0.15, 0.2) is 42.5 Å². The minimum atomic E-state index is -0.655. The lowest BCUT2D eigenvalue weighted by atomic mass is 10.1. The van der Waals surface area contributed by atoms with Crippen molar-refractivity contribution < 1.29 is 9.18 Å². The van der Waals surface area contributed by atoms with E-state index in [1.807, 2.05) is 41.8 Å². The molecular formula is C19H15Cl2FN4O. The molecule has 0 radical (unpaired) electrons. The van der Waals surface area contributed by atoms with Crippen LogP contribution in [0.25, 0.3) is 11.4 Å². The average molecular weight is 405 g/mol. The van der Waals surface area contributed by atoms with Gasteiger partial charge in [0.1, 0.15) is 5.82 Å². The lowest BCUT2D eigenvalue weighted by molar-refractivity contribution is 0.0638. The van der Waals surface area contributed by atoms with Crippen LogP contribution in [0.2, 0.25) is 10.0 Å². The maximum atomic E-state index is 13.5. The lowest BCUT2D eigenvalue weighted by Crippen LogP contribution is -2.41. The Hall–Kier alpha value is -2.44. The summed E-state index contributed by atoms with van der Waals surface area (Å²) >= 11 is 11.9. The maximum absolute atomic E-state index is 13.5. The van der Waals surface area contributed by atoms with Gasteiger partial charge in [-0.15, -0.1) is 10.2 Å². The van der Waals surface area contributed by atoms with Crippen molar-refractivity contribution in [3.63, 3.8) is 0 Å². The van der Waals surface area contributed by atoms with Crippen molar-refractivity contribution in [2.45, 2.75) is 19.5 Å². The molecule has 2 heterocycles. The Morgan fingerprint density at radius 2 is 1.81 bits per heavy atom. The number of aromatic nitrogens is 3. The van der Waals surface area contributed by atoms with Crippen LogP contribution < -0.4 is 0 Å². The van der Waals surface area contributed by atoms with Gasteiger partial charge in [-0.25, -0.2) is 4.39 Å². The Bertz CT molecular complexity index is 1020. The number of carbonyl (C=O) groups is 1. The second-order valence-electron chi connectivity index (χ2n) is 6.30. The van der Waals surface area contributed by atoms with E-state index >= 15 is 0 Å². The molecule has 1 atom stereocenters. The molecule has 0 fully saturated rings. The van der Waals surface area contributed by atoms with Crippen LogP contribution >= 0.6 is 23.2 Å². The topological polar surface area (TPSA) is 51.0 Å². The van der Waals surface area contributed by atoms with Gasteiger partial charge in [-0.1, -0.05) is 53.5 Å². The fraction of sp³-hybridized carbons (Fsp3) is 0.211. The normalized spacial score (nSPS) is 16.3. The monoisotopic (exact) mass is 404 g/mol. The number of hydrogen-bond donors (Lipinski definition) is 0. The lowest BCUT2D eigenvalue weighted by Gasteiger charge is -2.34. The van der Waals surface area contributed by atoms with Gasteiger partial charge < -0.3 is 9.47 Å². The largest absolute Gasteiger partial charge is 0.327 e. The standard InChI is InChI=1S/C19H15Cl2FN4O/c1-11-17-23-24-18(12-5-3-2-4-6-12)26(17)10-9-25(11)19(27)13-7-8-14(22)16(21)15(13)20/h2-8,11H,9-10H2,1H3/t11-/m0/s1. The smallest absolute Gasteiger partial charge is 0.256 e. The first-order chi connectivity index (χ1) is 13.0. The Morgan fingerprint density at radius 3 is 2.56 bits per heavy atom. The summed E-state index contributed by atoms with van der Waals surface area (Å²) in [6, 6.07) is 12.0. The van der Waals surface area contributed by atoms with Crippen molar-refractivity contribution in [3.05, 3.63) is 69.7 Å². The highest BCUT2D eigenvalue weighted by molar-refractivity contribution is 6.43. The van der Waals surface area contributed by atoms with Crippen LogP contribution in [-0.4, -0.2) is 32.1 Å². The molecule has 8 heteroatoms. The van der Waals surface area contributed by atoms with Gasteiger partial charge in [0.2, 0.25) is 0 Å². The number of benzene rings is 2. The zero-order chi connectivity index (χ0) is 19.1.